The number of hydrogen-bond acceptors (Lipinski definition) is 9. The van der Waals surface area contributed by atoms with Gasteiger partial charge in [0.1, 0.15) is 10.8 Å². The summed E-state index contributed by atoms with van der Waals surface area (Å²) in [6.45, 7) is 1.44. The summed E-state index contributed by atoms with van der Waals surface area (Å²) in [5.74, 6) is -0.824. The van der Waals surface area contributed by atoms with Gasteiger partial charge in [0, 0.05) is 31.1 Å². The zero-order chi connectivity index (χ0) is 24.3. The molecule has 1 aliphatic rings. The lowest BCUT2D eigenvalue weighted by atomic mass is 10.1. The maximum Gasteiger partial charge on any atom is 0.245 e. The van der Waals surface area contributed by atoms with E-state index >= 15 is 0 Å². The minimum absolute atomic E-state index is 0.0588. The van der Waals surface area contributed by atoms with Crippen molar-refractivity contribution in [1.82, 2.24) is 25.6 Å². The molecule has 4 rings (SSSR count). The van der Waals surface area contributed by atoms with Gasteiger partial charge >= 0.3 is 0 Å². The summed E-state index contributed by atoms with van der Waals surface area (Å²) in [5, 5.41) is 3.82. The average Bonchev–Trinajstić information content (AvgIpc) is 3.52. The number of carbonyl (C=O) groups excluding carboxylic acids is 2. The van der Waals surface area contributed by atoms with Gasteiger partial charge in [-0.25, -0.2) is 23.4 Å². The van der Waals surface area contributed by atoms with Gasteiger partial charge in [-0.15, -0.1) is 11.3 Å². The van der Waals surface area contributed by atoms with Crippen LogP contribution in [-0.2, 0) is 24.2 Å². The molecule has 2 aromatic heterocycles. The number of hydrogen-bond donors (Lipinski definition) is 2. The van der Waals surface area contributed by atoms with Gasteiger partial charge in [-0.05, 0) is 37.5 Å². The molecule has 1 aliphatic carbocycles. The van der Waals surface area contributed by atoms with E-state index in [0.29, 0.717) is 11.3 Å². The molecule has 10 nitrogen and oxygen atoms in total. The van der Waals surface area contributed by atoms with Gasteiger partial charge in [-0.1, -0.05) is 6.07 Å². The molecule has 0 aliphatic heterocycles. The molecular weight excluding hydrogens is 478 g/mol. The standard InChI is InChI=1S/C22H25N5O5S2/c1-13-23-10-15(11-24-13)14-3-6-17-18(9-14)33-22(27-17)20(34(30,31)8-7-32-2)21(29)25-12-19(28)26-16-4-5-16/h3,6,9-11,16,20H,4-5,7-8,12H2,1-2H3,(H,25,29)(H,26,28). The number of nitrogens with one attached hydrogen (secondary N) is 2. The quantitative estimate of drug-likeness (QED) is 0.425. The monoisotopic (exact) mass is 503 g/mol. The highest BCUT2D eigenvalue weighted by molar-refractivity contribution is 7.92. The number of aromatic nitrogens is 3. The zero-order valence-electron chi connectivity index (χ0n) is 18.8. The van der Waals surface area contributed by atoms with Crippen molar-refractivity contribution < 1.29 is 22.7 Å². The molecule has 180 valence electrons. The highest BCUT2D eigenvalue weighted by Crippen LogP contribution is 2.34. The number of carbonyl (C=O) groups is 2. The topological polar surface area (TPSA) is 140 Å². The molecular formula is C22H25N5O5S2. The molecule has 1 unspecified atom stereocenters. The maximum absolute atomic E-state index is 13.1. The summed E-state index contributed by atoms with van der Waals surface area (Å²) in [5.41, 5.74) is 2.23. The van der Waals surface area contributed by atoms with Gasteiger partial charge in [0.25, 0.3) is 0 Å². The molecule has 1 atom stereocenters. The van der Waals surface area contributed by atoms with Crippen molar-refractivity contribution in [2.45, 2.75) is 31.1 Å². The Morgan fingerprint density at radius 1 is 1.21 bits per heavy atom. The van der Waals surface area contributed by atoms with E-state index < -0.39 is 21.0 Å². The third kappa shape index (κ3) is 5.75. The fourth-order valence-electron chi connectivity index (χ4n) is 3.29. The Hall–Kier alpha value is -2.96. The van der Waals surface area contributed by atoms with Gasteiger partial charge in [0.2, 0.25) is 11.8 Å². The Labute approximate surface area is 201 Å². The van der Waals surface area contributed by atoms with E-state index in [-0.39, 0.29) is 35.9 Å². The van der Waals surface area contributed by atoms with E-state index in [9.17, 15) is 18.0 Å². The van der Waals surface area contributed by atoms with E-state index in [1.807, 2.05) is 12.1 Å². The molecule has 0 bridgehead atoms. The average molecular weight is 504 g/mol. The van der Waals surface area contributed by atoms with Gasteiger partial charge in [0.15, 0.2) is 15.1 Å². The number of aryl methyl sites for hydroxylation is 1. The molecule has 0 radical (unpaired) electrons. The molecule has 34 heavy (non-hydrogen) atoms. The molecule has 2 amide bonds. The molecule has 0 spiro atoms. The normalized spacial score (nSPS) is 14.6. The highest BCUT2D eigenvalue weighted by atomic mass is 32.2. The number of benzene rings is 1. The van der Waals surface area contributed by atoms with E-state index in [4.69, 9.17) is 4.74 Å². The molecule has 12 heteroatoms. The molecule has 1 aromatic carbocycles. The van der Waals surface area contributed by atoms with Gasteiger partial charge in [-0.3, -0.25) is 9.59 Å². The first-order chi connectivity index (χ1) is 16.3. The van der Waals surface area contributed by atoms with E-state index in [1.165, 1.54) is 7.11 Å². The van der Waals surface area contributed by atoms with Crippen LogP contribution >= 0.6 is 11.3 Å². The number of methoxy groups -OCH3 is 1. The first kappa shape index (κ1) is 24.2. The lowest BCUT2D eigenvalue weighted by Crippen LogP contribution is -2.41. The number of thiazole rings is 1. The van der Waals surface area contributed by atoms with Gasteiger partial charge in [-0.2, -0.15) is 0 Å². The Morgan fingerprint density at radius 3 is 2.62 bits per heavy atom. The summed E-state index contributed by atoms with van der Waals surface area (Å²) >= 11 is 1.13. The number of sulfone groups is 1. The maximum atomic E-state index is 13.1. The number of nitrogens with zero attached hydrogens (tertiary/aromatic N) is 3. The Kier molecular flexibility index (Phi) is 7.19. The van der Waals surface area contributed by atoms with Crippen molar-refractivity contribution in [3.05, 3.63) is 41.4 Å². The Balaban J connectivity index is 1.62. The summed E-state index contributed by atoms with van der Waals surface area (Å²) in [4.78, 5) is 37.9. The predicted molar refractivity (Wildman–Crippen MR) is 128 cm³/mol. The van der Waals surface area contributed by atoms with Crippen LogP contribution in [0.25, 0.3) is 21.3 Å². The molecule has 0 saturated heterocycles. The lowest BCUT2D eigenvalue weighted by molar-refractivity contribution is -0.126. The number of amides is 2. The van der Waals surface area contributed by atoms with Crippen molar-refractivity contribution in [3.63, 3.8) is 0 Å². The van der Waals surface area contributed by atoms with Gasteiger partial charge < -0.3 is 15.4 Å². The second-order valence-corrected chi connectivity index (χ2v) is 11.3. The summed E-state index contributed by atoms with van der Waals surface area (Å²) < 4.78 is 31.8. The zero-order valence-corrected chi connectivity index (χ0v) is 20.4. The van der Waals surface area contributed by atoms with Crippen molar-refractivity contribution in [2.24, 2.45) is 0 Å². The van der Waals surface area contributed by atoms with Crippen LogP contribution < -0.4 is 10.6 Å². The predicted octanol–water partition coefficient (Wildman–Crippen LogP) is 1.56. The fraction of sp³-hybridized carbons (Fsp3) is 0.409. The Morgan fingerprint density at radius 2 is 1.94 bits per heavy atom. The fourth-order valence-corrected chi connectivity index (χ4v) is 6.26. The van der Waals surface area contributed by atoms with Crippen molar-refractivity contribution >= 4 is 43.2 Å². The molecule has 2 heterocycles. The van der Waals surface area contributed by atoms with Crippen molar-refractivity contribution in [2.75, 3.05) is 26.0 Å². The van der Waals surface area contributed by atoms with Crippen LogP contribution in [0.2, 0.25) is 0 Å². The van der Waals surface area contributed by atoms with E-state index in [2.05, 4.69) is 25.6 Å². The summed E-state index contributed by atoms with van der Waals surface area (Å²) in [6.07, 6.45) is 5.25. The number of rotatable bonds is 10. The van der Waals surface area contributed by atoms with Crippen LogP contribution in [0.5, 0.6) is 0 Å². The highest BCUT2D eigenvalue weighted by Gasteiger charge is 2.37. The molecule has 3 aromatic rings. The minimum atomic E-state index is -3.95. The van der Waals surface area contributed by atoms with Crippen LogP contribution in [0.3, 0.4) is 0 Å². The second-order valence-electron chi connectivity index (χ2n) is 8.05. The van der Waals surface area contributed by atoms with E-state index in [1.54, 1.807) is 25.4 Å². The molecule has 2 N–H and O–H groups in total. The summed E-state index contributed by atoms with van der Waals surface area (Å²) in [6, 6.07) is 5.62. The van der Waals surface area contributed by atoms with Crippen LogP contribution in [0, 0.1) is 6.92 Å². The third-order valence-electron chi connectivity index (χ3n) is 5.28. The third-order valence-corrected chi connectivity index (χ3v) is 8.40. The van der Waals surface area contributed by atoms with Crippen molar-refractivity contribution in [1.29, 1.82) is 0 Å². The SMILES string of the molecule is COCCS(=O)(=O)C(C(=O)NCC(=O)NC1CC1)c1nc2ccc(-c3cnc(C)nc3)cc2s1. The molecule has 1 saturated carbocycles. The van der Waals surface area contributed by atoms with E-state index in [0.717, 1.165) is 40.0 Å². The smallest absolute Gasteiger partial charge is 0.245 e. The van der Waals surface area contributed by atoms with Crippen LogP contribution in [0.1, 0.15) is 28.9 Å². The van der Waals surface area contributed by atoms with Gasteiger partial charge in [0.05, 0.1) is 29.1 Å². The molecule has 1 fully saturated rings. The Bertz CT molecular complexity index is 1300. The van der Waals surface area contributed by atoms with Crippen LogP contribution in [-0.4, -0.2) is 67.2 Å². The first-order valence-electron chi connectivity index (χ1n) is 10.7. The van der Waals surface area contributed by atoms with Crippen molar-refractivity contribution in [3.8, 4) is 11.1 Å². The van der Waals surface area contributed by atoms with Crippen LogP contribution in [0.15, 0.2) is 30.6 Å². The minimum Gasteiger partial charge on any atom is -0.384 e. The second kappa shape index (κ2) is 10.1. The largest absolute Gasteiger partial charge is 0.384 e. The number of fused-ring (bicyclic) bond motifs is 1. The summed E-state index contributed by atoms with van der Waals surface area (Å²) in [7, 11) is -2.56. The first-order valence-corrected chi connectivity index (χ1v) is 13.3. The lowest BCUT2D eigenvalue weighted by Gasteiger charge is -2.15. The number of ether oxygens (including phenoxy) is 1. The van der Waals surface area contributed by atoms with Crippen LogP contribution in [0.4, 0.5) is 0 Å².